The average molecular weight is 305 g/mol. The first-order valence-corrected chi connectivity index (χ1v) is 7.51. The maximum atomic E-state index is 14.1. The Bertz CT molecular complexity index is 640. The van der Waals surface area contributed by atoms with Gasteiger partial charge in [0.15, 0.2) is 5.16 Å². The average Bonchev–Trinajstić information content (AvgIpc) is 3.22. The Hall–Kier alpha value is -1.86. The highest BCUT2D eigenvalue weighted by atomic mass is 32.2. The molecule has 0 amide bonds. The van der Waals surface area contributed by atoms with Crippen LogP contribution in [0.3, 0.4) is 0 Å². The molecule has 0 bridgehead atoms. The van der Waals surface area contributed by atoms with E-state index in [-0.39, 0.29) is 17.5 Å². The smallest absolute Gasteiger partial charge is 0.196 e. The Balaban J connectivity index is 1.72. The summed E-state index contributed by atoms with van der Waals surface area (Å²) in [6, 6.07) is 7.23. The van der Waals surface area contributed by atoms with Crippen molar-refractivity contribution in [2.45, 2.75) is 35.5 Å². The fourth-order valence-electron chi connectivity index (χ4n) is 1.89. The van der Waals surface area contributed by atoms with Crippen molar-refractivity contribution in [1.29, 1.82) is 0 Å². The molecule has 3 rings (SSSR count). The summed E-state index contributed by atoms with van der Waals surface area (Å²) in [7, 11) is 0. The monoisotopic (exact) mass is 305 g/mol. The molecule has 1 saturated carbocycles. The number of nitrogens with one attached hydrogen (secondary N) is 1. The van der Waals surface area contributed by atoms with Crippen LogP contribution in [0, 0.1) is 5.82 Å². The Labute approximate surface area is 126 Å². The van der Waals surface area contributed by atoms with Gasteiger partial charge in [-0.25, -0.2) is 14.4 Å². The zero-order valence-electron chi connectivity index (χ0n) is 11.3. The van der Waals surface area contributed by atoms with Gasteiger partial charge in [0.2, 0.25) is 0 Å². The molecule has 2 aromatic rings. The van der Waals surface area contributed by atoms with Crippen molar-refractivity contribution in [1.82, 2.24) is 15.3 Å². The van der Waals surface area contributed by atoms with Crippen LogP contribution in [0.15, 0.2) is 34.3 Å². The van der Waals surface area contributed by atoms with Gasteiger partial charge in [0.05, 0.1) is 4.90 Å². The fraction of sp³-hybridized carbons (Fsp3) is 0.286. The summed E-state index contributed by atoms with van der Waals surface area (Å²) < 4.78 is 14.1. The highest BCUT2D eigenvalue weighted by molar-refractivity contribution is 7.99. The molecule has 5 N–H and O–H groups in total. The van der Waals surface area contributed by atoms with Crippen LogP contribution in [-0.4, -0.2) is 16.0 Å². The lowest BCUT2D eigenvalue weighted by molar-refractivity contribution is 0.595. The number of nitrogens with zero attached hydrogens (tertiary/aromatic N) is 2. The summed E-state index contributed by atoms with van der Waals surface area (Å²) >= 11 is 1.11. The Morgan fingerprint density at radius 3 is 2.52 bits per heavy atom. The van der Waals surface area contributed by atoms with Crippen molar-refractivity contribution in [3.05, 3.63) is 35.6 Å². The van der Waals surface area contributed by atoms with Gasteiger partial charge in [0.1, 0.15) is 17.5 Å². The molecule has 0 unspecified atom stereocenters. The van der Waals surface area contributed by atoms with E-state index in [1.807, 2.05) is 6.07 Å². The minimum atomic E-state index is -0.292. The van der Waals surface area contributed by atoms with Gasteiger partial charge in [-0.05, 0) is 42.3 Å². The third-order valence-electron chi connectivity index (χ3n) is 3.11. The van der Waals surface area contributed by atoms with Crippen molar-refractivity contribution >= 4 is 23.4 Å². The van der Waals surface area contributed by atoms with Crippen molar-refractivity contribution in [3.8, 4) is 0 Å². The first-order valence-electron chi connectivity index (χ1n) is 6.70. The highest BCUT2D eigenvalue weighted by Crippen LogP contribution is 2.29. The summed E-state index contributed by atoms with van der Waals surface area (Å²) in [5.41, 5.74) is 12.1. The van der Waals surface area contributed by atoms with Gasteiger partial charge < -0.3 is 16.8 Å². The summed E-state index contributed by atoms with van der Waals surface area (Å²) in [4.78, 5) is 8.52. The zero-order chi connectivity index (χ0) is 14.8. The largest absolute Gasteiger partial charge is 0.383 e. The SMILES string of the molecule is Nc1cc(N)nc(Sc2ccc(CNC3CC3)cc2F)n1. The third-order valence-corrected chi connectivity index (χ3v) is 4.03. The molecule has 0 atom stereocenters. The van der Waals surface area contributed by atoms with E-state index in [1.165, 1.54) is 25.0 Å². The normalized spacial score (nSPS) is 14.3. The van der Waals surface area contributed by atoms with Crippen molar-refractivity contribution in [2.75, 3.05) is 11.5 Å². The number of halogens is 1. The minimum absolute atomic E-state index is 0.274. The van der Waals surface area contributed by atoms with Crippen molar-refractivity contribution < 1.29 is 4.39 Å². The van der Waals surface area contributed by atoms with Crippen LogP contribution in [0.2, 0.25) is 0 Å². The second-order valence-electron chi connectivity index (χ2n) is 5.02. The van der Waals surface area contributed by atoms with E-state index >= 15 is 0 Å². The highest BCUT2D eigenvalue weighted by Gasteiger charge is 2.20. The Morgan fingerprint density at radius 2 is 1.90 bits per heavy atom. The molecule has 0 saturated heterocycles. The predicted octanol–water partition coefficient (Wildman–Crippen LogP) is 2.18. The van der Waals surface area contributed by atoms with E-state index in [0.717, 1.165) is 17.3 Å². The molecular weight excluding hydrogens is 289 g/mol. The van der Waals surface area contributed by atoms with Crippen LogP contribution in [-0.2, 0) is 6.54 Å². The van der Waals surface area contributed by atoms with Gasteiger partial charge >= 0.3 is 0 Å². The predicted molar refractivity (Wildman–Crippen MR) is 81.2 cm³/mol. The van der Waals surface area contributed by atoms with E-state index in [0.29, 0.717) is 22.6 Å². The molecule has 1 heterocycles. The number of hydrogen-bond acceptors (Lipinski definition) is 6. The van der Waals surface area contributed by atoms with E-state index in [2.05, 4.69) is 15.3 Å². The lowest BCUT2D eigenvalue weighted by Gasteiger charge is -2.07. The number of nitrogens with two attached hydrogens (primary N) is 2. The number of aromatic nitrogens is 2. The number of hydrogen-bond donors (Lipinski definition) is 3. The first kappa shape index (κ1) is 14.1. The molecule has 1 fully saturated rings. The molecule has 0 radical (unpaired) electrons. The van der Waals surface area contributed by atoms with Gasteiger partial charge in [-0.3, -0.25) is 0 Å². The van der Waals surface area contributed by atoms with Crippen LogP contribution in [0.4, 0.5) is 16.0 Å². The van der Waals surface area contributed by atoms with Crippen molar-refractivity contribution in [2.24, 2.45) is 0 Å². The Kier molecular flexibility index (Phi) is 3.94. The third kappa shape index (κ3) is 3.83. The molecule has 1 aromatic heterocycles. The number of anilines is 2. The van der Waals surface area contributed by atoms with Crippen molar-refractivity contribution in [3.63, 3.8) is 0 Å². The molecule has 0 spiro atoms. The molecule has 7 heteroatoms. The van der Waals surface area contributed by atoms with Gasteiger partial charge in [0.25, 0.3) is 0 Å². The summed E-state index contributed by atoms with van der Waals surface area (Å²) in [6.07, 6.45) is 2.43. The summed E-state index contributed by atoms with van der Waals surface area (Å²) in [6.45, 7) is 0.689. The maximum absolute atomic E-state index is 14.1. The van der Waals surface area contributed by atoms with Crippen LogP contribution in [0.5, 0.6) is 0 Å². The van der Waals surface area contributed by atoms with Crippen LogP contribution >= 0.6 is 11.8 Å². The molecule has 1 aliphatic rings. The molecule has 1 aromatic carbocycles. The maximum Gasteiger partial charge on any atom is 0.196 e. The standard InChI is InChI=1S/C14H16FN5S/c15-10-5-8(7-18-9-2-3-9)1-4-11(10)21-14-19-12(16)6-13(17)20-14/h1,4-6,9,18H,2-3,7H2,(H4,16,17,19,20). The van der Waals surface area contributed by atoms with Crippen LogP contribution in [0.1, 0.15) is 18.4 Å². The van der Waals surface area contributed by atoms with Crippen LogP contribution < -0.4 is 16.8 Å². The van der Waals surface area contributed by atoms with Gasteiger partial charge in [-0.2, -0.15) is 0 Å². The number of nitrogen functional groups attached to an aromatic ring is 2. The second kappa shape index (κ2) is 5.87. The minimum Gasteiger partial charge on any atom is -0.383 e. The first-order chi connectivity index (χ1) is 10.1. The second-order valence-corrected chi connectivity index (χ2v) is 6.03. The van der Waals surface area contributed by atoms with E-state index in [1.54, 1.807) is 6.07 Å². The number of benzene rings is 1. The number of rotatable bonds is 5. The molecule has 21 heavy (non-hydrogen) atoms. The lowest BCUT2D eigenvalue weighted by atomic mass is 10.2. The molecule has 0 aliphatic heterocycles. The molecular formula is C14H16FN5S. The topological polar surface area (TPSA) is 89.9 Å². The quantitative estimate of drug-likeness (QED) is 0.734. The fourth-order valence-corrected chi connectivity index (χ4v) is 2.68. The molecule has 110 valence electrons. The zero-order valence-corrected chi connectivity index (χ0v) is 12.2. The molecule has 5 nitrogen and oxygen atoms in total. The molecule has 1 aliphatic carbocycles. The van der Waals surface area contributed by atoms with E-state index in [4.69, 9.17) is 11.5 Å². The van der Waals surface area contributed by atoms with Gasteiger partial charge in [0, 0.05) is 18.7 Å². The summed E-state index contributed by atoms with van der Waals surface area (Å²) in [5.74, 6) is 0.256. The Morgan fingerprint density at radius 1 is 1.19 bits per heavy atom. The van der Waals surface area contributed by atoms with E-state index < -0.39 is 0 Å². The van der Waals surface area contributed by atoms with Gasteiger partial charge in [-0.1, -0.05) is 6.07 Å². The van der Waals surface area contributed by atoms with E-state index in [9.17, 15) is 4.39 Å². The van der Waals surface area contributed by atoms with Crippen LogP contribution in [0.25, 0.3) is 0 Å². The lowest BCUT2D eigenvalue weighted by Crippen LogP contribution is -2.15. The summed E-state index contributed by atoms with van der Waals surface area (Å²) in [5, 5.41) is 3.70. The van der Waals surface area contributed by atoms with Gasteiger partial charge in [-0.15, -0.1) is 0 Å².